The highest BCUT2D eigenvalue weighted by atomic mass is 16.4. The van der Waals surface area contributed by atoms with Gasteiger partial charge in [0.25, 0.3) is 0 Å². The van der Waals surface area contributed by atoms with Crippen LogP contribution in [0.5, 0.6) is 0 Å². The van der Waals surface area contributed by atoms with Crippen molar-refractivity contribution < 1.29 is 9.90 Å². The molecule has 1 heterocycles. The third-order valence-electron chi connectivity index (χ3n) is 5.52. The molecule has 0 radical (unpaired) electrons. The number of carbonyl (C=O) groups is 1. The lowest BCUT2D eigenvalue weighted by Crippen LogP contribution is -2.22. The van der Waals surface area contributed by atoms with Crippen molar-refractivity contribution in [2.24, 2.45) is 0 Å². The van der Waals surface area contributed by atoms with Crippen LogP contribution in [0.15, 0.2) is 78.9 Å². The number of rotatable bonds is 9. The molecule has 0 saturated carbocycles. The van der Waals surface area contributed by atoms with Crippen LogP contribution >= 0.6 is 0 Å². The average Bonchev–Trinajstić information content (AvgIpc) is 3.17. The van der Waals surface area contributed by atoms with Crippen LogP contribution in [0, 0.1) is 0 Å². The molecule has 0 aliphatic carbocycles. The average molecular weight is 414 g/mol. The molecule has 0 spiro atoms. The molecule has 0 aliphatic rings. The highest BCUT2D eigenvalue weighted by Gasteiger charge is 2.14. The first kappa shape index (κ1) is 20.8. The van der Waals surface area contributed by atoms with E-state index in [0.717, 1.165) is 42.1 Å². The van der Waals surface area contributed by atoms with Gasteiger partial charge in [-0.2, -0.15) is 0 Å². The molecule has 0 aliphatic heterocycles. The number of aromatic nitrogens is 2. The normalized spacial score (nSPS) is 11.3. The zero-order valence-corrected chi connectivity index (χ0v) is 17.7. The first-order valence-corrected chi connectivity index (χ1v) is 10.7. The molecule has 158 valence electrons. The fourth-order valence-electron chi connectivity index (χ4n) is 3.87. The molecule has 1 aromatic heterocycles. The third-order valence-corrected chi connectivity index (χ3v) is 5.52. The molecule has 3 aromatic carbocycles. The molecule has 0 bridgehead atoms. The maximum atomic E-state index is 11.1. The van der Waals surface area contributed by atoms with Gasteiger partial charge in [-0.3, -0.25) is 9.69 Å². The quantitative estimate of drug-likeness (QED) is 0.410. The summed E-state index contributed by atoms with van der Waals surface area (Å²) in [6, 6.07) is 26.8. The highest BCUT2D eigenvalue weighted by molar-refractivity contribution is 5.81. The Morgan fingerprint density at radius 1 is 0.903 bits per heavy atom. The molecule has 0 saturated heterocycles. The molecule has 0 fully saturated rings. The van der Waals surface area contributed by atoms with Crippen LogP contribution in [0.2, 0.25) is 0 Å². The molecule has 4 rings (SSSR count). The van der Waals surface area contributed by atoms with E-state index >= 15 is 0 Å². The van der Waals surface area contributed by atoms with Crippen molar-refractivity contribution in [1.29, 1.82) is 0 Å². The van der Waals surface area contributed by atoms with Crippen molar-refractivity contribution in [3.05, 3.63) is 90.0 Å². The summed E-state index contributed by atoms with van der Waals surface area (Å²) in [6.45, 7) is 5.35. The number of aryl methyl sites for hydroxylation is 1. The minimum atomic E-state index is -0.808. The molecule has 1 N–H and O–H groups in total. The molecular weight excluding hydrogens is 386 g/mol. The van der Waals surface area contributed by atoms with Crippen LogP contribution in [0.25, 0.3) is 22.4 Å². The van der Waals surface area contributed by atoms with E-state index in [1.807, 2.05) is 34.9 Å². The number of hydrogen-bond acceptors (Lipinski definition) is 3. The molecule has 4 aromatic rings. The Morgan fingerprint density at radius 3 is 2.23 bits per heavy atom. The molecule has 0 unspecified atom stereocenters. The minimum Gasteiger partial charge on any atom is -0.481 e. The first-order valence-electron chi connectivity index (χ1n) is 10.7. The predicted octanol–water partition coefficient (Wildman–Crippen LogP) is 5.20. The number of aliphatic carboxylic acids is 1. The van der Waals surface area contributed by atoms with Crippen LogP contribution in [-0.4, -0.2) is 32.1 Å². The lowest BCUT2D eigenvalue weighted by Gasteiger charge is -2.20. The van der Waals surface area contributed by atoms with Gasteiger partial charge in [-0.15, -0.1) is 0 Å². The van der Waals surface area contributed by atoms with Gasteiger partial charge in [-0.1, -0.05) is 73.7 Å². The summed E-state index contributed by atoms with van der Waals surface area (Å²) in [6.07, 6.45) is 0.0659. The summed E-state index contributed by atoms with van der Waals surface area (Å²) >= 11 is 0. The fourth-order valence-corrected chi connectivity index (χ4v) is 3.87. The number of carboxylic acid groups (broad SMARTS) is 1. The van der Waals surface area contributed by atoms with E-state index in [4.69, 9.17) is 10.1 Å². The van der Waals surface area contributed by atoms with E-state index in [9.17, 15) is 4.79 Å². The van der Waals surface area contributed by atoms with Crippen molar-refractivity contribution in [3.63, 3.8) is 0 Å². The lowest BCUT2D eigenvalue weighted by molar-refractivity contribution is -0.137. The maximum Gasteiger partial charge on any atom is 0.305 e. The van der Waals surface area contributed by atoms with E-state index in [1.54, 1.807) is 0 Å². The molecule has 0 atom stereocenters. The van der Waals surface area contributed by atoms with Crippen LogP contribution in [0.4, 0.5) is 0 Å². The van der Waals surface area contributed by atoms with Gasteiger partial charge in [0.15, 0.2) is 0 Å². The van der Waals surface area contributed by atoms with Gasteiger partial charge in [-0.25, -0.2) is 4.98 Å². The van der Waals surface area contributed by atoms with Gasteiger partial charge < -0.3 is 9.67 Å². The topological polar surface area (TPSA) is 58.4 Å². The van der Waals surface area contributed by atoms with Crippen molar-refractivity contribution in [3.8, 4) is 11.4 Å². The van der Waals surface area contributed by atoms with Crippen LogP contribution in [-0.2, 0) is 24.4 Å². The summed E-state index contributed by atoms with van der Waals surface area (Å²) in [5.41, 5.74) is 5.40. The van der Waals surface area contributed by atoms with Crippen LogP contribution < -0.4 is 0 Å². The first-order chi connectivity index (χ1) is 15.1. The molecular formula is C26H27N3O2. The number of para-hydroxylation sites is 2. The van der Waals surface area contributed by atoms with Crippen LogP contribution in [0.3, 0.4) is 0 Å². The minimum absolute atomic E-state index is 0.0659. The largest absolute Gasteiger partial charge is 0.481 e. The Hall–Kier alpha value is -3.44. The maximum absolute atomic E-state index is 11.1. The Kier molecular flexibility index (Phi) is 6.43. The second-order valence-corrected chi connectivity index (χ2v) is 7.71. The van der Waals surface area contributed by atoms with Gasteiger partial charge in [0.2, 0.25) is 0 Å². The number of fused-ring (bicyclic) bond motifs is 1. The summed E-state index contributed by atoms with van der Waals surface area (Å²) in [4.78, 5) is 18.3. The number of imidazole rings is 1. The van der Waals surface area contributed by atoms with Gasteiger partial charge in [0.1, 0.15) is 5.82 Å². The summed E-state index contributed by atoms with van der Waals surface area (Å²) in [5.74, 6) is 0.00258. The number of carboxylic acids is 1. The Labute approximate surface area is 182 Å². The van der Waals surface area contributed by atoms with Crippen molar-refractivity contribution in [2.45, 2.75) is 33.0 Å². The number of nitrogens with zero attached hydrogens (tertiary/aromatic N) is 3. The Morgan fingerprint density at radius 2 is 1.55 bits per heavy atom. The second-order valence-electron chi connectivity index (χ2n) is 7.71. The molecule has 5 nitrogen and oxygen atoms in total. The van der Waals surface area contributed by atoms with Gasteiger partial charge in [0.05, 0.1) is 17.5 Å². The molecule has 0 amide bonds. The van der Waals surface area contributed by atoms with E-state index in [1.165, 1.54) is 11.1 Å². The molecule has 5 heteroatoms. The Bertz CT molecular complexity index is 1150. The third kappa shape index (κ3) is 5.01. The summed E-state index contributed by atoms with van der Waals surface area (Å²) < 4.78 is 2.01. The van der Waals surface area contributed by atoms with Gasteiger partial charge in [-0.05, 0) is 29.8 Å². The second kappa shape index (κ2) is 9.58. The smallest absolute Gasteiger partial charge is 0.305 e. The summed E-state index contributed by atoms with van der Waals surface area (Å²) in [7, 11) is 0. The number of benzene rings is 3. The fraction of sp³-hybridized carbons (Fsp3) is 0.231. The summed E-state index contributed by atoms with van der Waals surface area (Å²) in [5, 5.41) is 9.16. The monoisotopic (exact) mass is 413 g/mol. The van der Waals surface area contributed by atoms with E-state index in [0.29, 0.717) is 6.54 Å². The van der Waals surface area contributed by atoms with Gasteiger partial charge >= 0.3 is 5.97 Å². The highest BCUT2D eigenvalue weighted by Crippen LogP contribution is 2.26. The van der Waals surface area contributed by atoms with Crippen molar-refractivity contribution in [1.82, 2.24) is 14.5 Å². The standard InChI is InChI=1S/C26H27N3O2/c1-2-28(18-20-8-4-3-5-9-20)19-21-12-14-22(15-13-21)26-27-23-10-6-7-11-24(23)29(26)17-16-25(30)31/h3-15H,2,16-19H2,1H3,(H,30,31). The van der Waals surface area contributed by atoms with Crippen molar-refractivity contribution in [2.75, 3.05) is 6.54 Å². The Balaban J connectivity index is 1.55. The van der Waals surface area contributed by atoms with E-state index < -0.39 is 5.97 Å². The van der Waals surface area contributed by atoms with Crippen molar-refractivity contribution >= 4 is 17.0 Å². The zero-order valence-electron chi connectivity index (χ0n) is 17.7. The SMILES string of the molecule is CCN(Cc1ccccc1)Cc1ccc(-c2nc3ccccc3n2CCC(=O)O)cc1. The van der Waals surface area contributed by atoms with Gasteiger partial charge in [0, 0.05) is 25.2 Å². The predicted molar refractivity (Wildman–Crippen MR) is 124 cm³/mol. The van der Waals surface area contributed by atoms with Crippen LogP contribution in [0.1, 0.15) is 24.5 Å². The molecule has 31 heavy (non-hydrogen) atoms. The number of hydrogen-bond donors (Lipinski definition) is 1. The van der Waals surface area contributed by atoms with E-state index in [-0.39, 0.29) is 6.42 Å². The zero-order chi connectivity index (χ0) is 21.6. The lowest BCUT2D eigenvalue weighted by atomic mass is 10.1. The van der Waals surface area contributed by atoms with E-state index in [2.05, 4.69) is 60.4 Å².